The minimum absolute atomic E-state index is 0.127. The molecule has 0 spiro atoms. The van der Waals surface area contributed by atoms with Crippen LogP contribution in [0.1, 0.15) is 33.3 Å². The number of benzene rings is 1. The molecule has 1 fully saturated rings. The van der Waals surface area contributed by atoms with E-state index in [4.69, 9.17) is 0 Å². The van der Waals surface area contributed by atoms with E-state index in [1.807, 2.05) is 17.9 Å². The van der Waals surface area contributed by atoms with E-state index < -0.39 is 0 Å². The topological polar surface area (TPSA) is 61.4 Å². The summed E-state index contributed by atoms with van der Waals surface area (Å²) in [7, 11) is 0. The number of piperazine rings is 1. The third-order valence-corrected chi connectivity index (χ3v) is 4.93. The Kier molecular flexibility index (Phi) is 5.63. The molecule has 1 saturated heterocycles. The number of hydrogen-bond acceptors (Lipinski definition) is 5. The third kappa shape index (κ3) is 4.76. The fourth-order valence-corrected chi connectivity index (χ4v) is 3.23. The molecule has 6 heteroatoms. The fraction of sp³-hybridized carbons (Fsp3) is 0.476. The number of nitrogens with zero attached hydrogens (tertiary/aromatic N) is 4. The third-order valence-electron chi connectivity index (χ3n) is 4.93. The molecule has 1 aromatic heterocycles. The molecule has 0 aliphatic carbocycles. The van der Waals surface area contributed by atoms with Gasteiger partial charge in [0.15, 0.2) is 0 Å². The number of aromatic nitrogens is 2. The largest absolute Gasteiger partial charge is 0.374 e. The molecule has 1 aliphatic heterocycles. The molecule has 1 aromatic carbocycles. The van der Waals surface area contributed by atoms with Gasteiger partial charge >= 0.3 is 0 Å². The number of anilines is 2. The zero-order valence-corrected chi connectivity index (χ0v) is 16.6. The highest BCUT2D eigenvalue weighted by molar-refractivity contribution is 5.84. The Morgan fingerprint density at radius 2 is 1.63 bits per heavy atom. The van der Waals surface area contributed by atoms with Crippen LogP contribution in [0, 0.1) is 0 Å². The van der Waals surface area contributed by atoms with E-state index in [0.717, 1.165) is 24.7 Å². The van der Waals surface area contributed by atoms with Crippen molar-refractivity contribution in [2.24, 2.45) is 0 Å². The maximum Gasteiger partial charge on any atom is 0.244 e. The summed E-state index contributed by atoms with van der Waals surface area (Å²) in [5, 5.41) is 3.33. The highest BCUT2D eigenvalue weighted by Crippen LogP contribution is 2.23. The molecule has 2 aromatic rings. The summed E-state index contributed by atoms with van der Waals surface area (Å²) in [4.78, 5) is 25.4. The number of carbonyl (C=O) groups is 1. The molecule has 27 heavy (non-hydrogen) atoms. The van der Waals surface area contributed by atoms with Crippen LogP contribution in [-0.2, 0) is 10.2 Å². The van der Waals surface area contributed by atoms with E-state index in [2.05, 4.69) is 65.2 Å². The molecule has 3 rings (SSSR count). The number of rotatable bonds is 4. The minimum Gasteiger partial charge on any atom is -0.374 e. The van der Waals surface area contributed by atoms with Crippen molar-refractivity contribution < 1.29 is 4.79 Å². The Morgan fingerprint density at radius 1 is 1.04 bits per heavy atom. The summed E-state index contributed by atoms with van der Waals surface area (Å²) in [6.45, 7) is 11.4. The number of carbonyl (C=O) groups excluding carboxylic acids is 1. The van der Waals surface area contributed by atoms with Gasteiger partial charge in [0.25, 0.3) is 0 Å². The molecule has 1 unspecified atom stereocenters. The van der Waals surface area contributed by atoms with E-state index in [1.54, 1.807) is 12.4 Å². The van der Waals surface area contributed by atoms with Crippen molar-refractivity contribution in [1.82, 2.24) is 14.9 Å². The number of amides is 1. The van der Waals surface area contributed by atoms with E-state index in [9.17, 15) is 4.79 Å². The molecule has 144 valence electrons. The van der Waals surface area contributed by atoms with Crippen molar-refractivity contribution in [1.29, 1.82) is 0 Å². The monoisotopic (exact) mass is 367 g/mol. The highest BCUT2D eigenvalue weighted by Gasteiger charge is 2.25. The van der Waals surface area contributed by atoms with Crippen molar-refractivity contribution in [2.75, 3.05) is 36.4 Å². The van der Waals surface area contributed by atoms with Crippen molar-refractivity contribution in [3.05, 3.63) is 48.3 Å². The molecular formula is C21H29N5O. The Labute approximate surface area is 161 Å². The molecule has 0 bridgehead atoms. The predicted molar refractivity (Wildman–Crippen MR) is 109 cm³/mol. The lowest BCUT2D eigenvalue weighted by atomic mass is 9.87. The lowest BCUT2D eigenvalue weighted by Gasteiger charge is -2.36. The fourth-order valence-electron chi connectivity index (χ4n) is 3.23. The smallest absolute Gasteiger partial charge is 0.244 e. The van der Waals surface area contributed by atoms with E-state index >= 15 is 0 Å². The Bertz CT molecular complexity index is 746. The van der Waals surface area contributed by atoms with Gasteiger partial charge in [0, 0.05) is 44.3 Å². The molecule has 2 heterocycles. The highest BCUT2D eigenvalue weighted by atomic mass is 16.2. The van der Waals surface area contributed by atoms with Gasteiger partial charge in [0.05, 0.1) is 0 Å². The van der Waals surface area contributed by atoms with Gasteiger partial charge in [-0.15, -0.1) is 0 Å². The van der Waals surface area contributed by atoms with E-state index in [1.165, 1.54) is 5.56 Å². The first-order chi connectivity index (χ1) is 12.8. The molecule has 1 N–H and O–H groups in total. The van der Waals surface area contributed by atoms with E-state index in [0.29, 0.717) is 13.1 Å². The maximum absolute atomic E-state index is 12.8. The average Bonchev–Trinajstić information content (AvgIpc) is 2.68. The van der Waals surface area contributed by atoms with Crippen LogP contribution >= 0.6 is 0 Å². The number of nitrogens with one attached hydrogen (secondary N) is 1. The van der Waals surface area contributed by atoms with Crippen LogP contribution in [0.25, 0.3) is 0 Å². The van der Waals surface area contributed by atoms with Crippen molar-refractivity contribution in [2.45, 2.75) is 39.2 Å². The molecule has 1 atom stereocenters. The zero-order chi connectivity index (χ0) is 19.4. The minimum atomic E-state index is -0.259. The van der Waals surface area contributed by atoms with Crippen LogP contribution in [0.2, 0.25) is 0 Å². The summed E-state index contributed by atoms with van der Waals surface area (Å²) < 4.78 is 0. The van der Waals surface area contributed by atoms with Gasteiger partial charge in [-0.3, -0.25) is 4.79 Å². The second-order valence-electron chi connectivity index (χ2n) is 8.05. The van der Waals surface area contributed by atoms with Crippen LogP contribution in [0.5, 0.6) is 0 Å². The second kappa shape index (κ2) is 7.94. The van der Waals surface area contributed by atoms with Gasteiger partial charge in [0.1, 0.15) is 6.04 Å². The Morgan fingerprint density at radius 3 is 2.19 bits per heavy atom. The molecule has 1 amide bonds. The summed E-state index contributed by atoms with van der Waals surface area (Å²) >= 11 is 0. The number of hydrogen-bond donors (Lipinski definition) is 1. The summed E-state index contributed by atoms with van der Waals surface area (Å²) in [6, 6.07) is 9.90. The van der Waals surface area contributed by atoms with Gasteiger partial charge in [-0.2, -0.15) is 0 Å². The van der Waals surface area contributed by atoms with Gasteiger partial charge in [-0.1, -0.05) is 32.9 Å². The lowest BCUT2D eigenvalue weighted by molar-refractivity contribution is -0.131. The summed E-state index contributed by atoms with van der Waals surface area (Å²) in [5.74, 6) is 0.859. The van der Waals surface area contributed by atoms with Crippen LogP contribution in [-0.4, -0.2) is 53.0 Å². The molecule has 0 saturated carbocycles. The summed E-state index contributed by atoms with van der Waals surface area (Å²) in [6.07, 6.45) is 3.49. The van der Waals surface area contributed by atoms with Crippen LogP contribution in [0.3, 0.4) is 0 Å². The first-order valence-corrected chi connectivity index (χ1v) is 9.52. The van der Waals surface area contributed by atoms with Crippen molar-refractivity contribution in [3.8, 4) is 0 Å². The first kappa shape index (κ1) is 19.1. The zero-order valence-electron chi connectivity index (χ0n) is 16.6. The van der Waals surface area contributed by atoms with Gasteiger partial charge in [0.2, 0.25) is 11.9 Å². The lowest BCUT2D eigenvalue weighted by Crippen LogP contribution is -2.52. The molecule has 6 nitrogen and oxygen atoms in total. The van der Waals surface area contributed by atoms with Gasteiger partial charge in [-0.25, -0.2) is 9.97 Å². The van der Waals surface area contributed by atoms with Crippen LogP contribution in [0.4, 0.5) is 11.6 Å². The second-order valence-corrected chi connectivity index (χ2v) is 8.05. The molecule has 1 aliphatic rings. The first-order valence-electron chi connectivity index (χ1n) is 9.52. The maximum atomic E-state index is 12.8. The van der Waals surface area contributed by atoms with Gasteiger partial charge < -0.3 is 15.1 Å². The van der Waals surface area contributed by atoms with Crippen molar-refractivity contribution >= 4 is 17.5 Å². The Hall–Kier alpha value is -2.63. The average molecular weight is 367 g/mol. The predicted octanol–water partition coefficient (Wildman–Crippen LogP) is 2.92. The van der Waals surface area contributed by atoms with Gasteiger partial charge in [-0.05, 0) is 36.1 Å². The SMILES string of the molecule is CC(Nc1ccc(C(C)(C)C)cc1)C(=O)N1CCN(c2ncccn2)CC1. The Balaban J connectivity index is 1.54. The summed E-state index contributed by atoms with van der Waals surface area (Å²) in [5.41, 5.74) is 2.38. The van der Waals surface area contributed by atoms with E-state index in [-0.39, 0.29) is 17.4 Å². The quantitative estimate of drug-likeness (QED) is 0.900. The standard InChI is InChI=1S/C21H29N5O/c1-16(24-18-8-6-17(7-9-18)21(2,3)4)19(27)25-12-14-26(15-13-25)20-22-10-5-11-23-20/h5-11,16,24H,12-15H2,1-4H3. The van der Waals surface area contributed by atoms with Crippen LogP contribution in [0.15, 0.2) is 42.7 Å². The van der Waals surface area contributed by atoms with Crippen molar-refractivity contribution in [3.63, 3.8) is 0 Å². The molecule has 0 radical (unpaired) electrons. The normalized spacial score (nSPS) is 16.1. The molecular weight excluding hydrogens is 338 g/mol. The van der Waals surface area contributed by atoms with Crippen LogP contribution < -0.4 is 10.2 Å².